The third kappa shape index (κ3) is 2.87. The largest absolute Gasteiger partial charge is 0.508 e. The lowest BCUT2D eigenvalue weighted by atomic mass is 10.1. The van der Waals surface area contributed by atoms with Gasteiger partial charge in [0.05, 0.1) is 17.1 Å². The van der Waals surface area contributed by atoms with Gasteiger partial charge in [-0.15, -0.1) is 4.91 Å². The van der Waals surface area contributed by atoms with Crippen LogP contribution in [0.2, 0.25) is 0 Å². The van der Waals surface area contributed by atoms with Crippen LogP contribution in [0.4, 0.5) is 5.69 Å². The summed E-state index contributed by atoms with van der Waals surface area (Å²) in [6.07, 6.45) is 0.655. The minimum atomic E-state index is -0.139. The molecule has 0 unspecified atom stereocenters. The molecule has 0 aliphatic carbocycles. The van der Waals surface area contributed by atoms with E-state index in [0.717, 1.165) is 5.56 Å². The summed E-state index contributed by atoms with van der Waals surface area (Å²) in [7, 11) is 1.48. The third-order valence-corrected chi connectivity index (χ3v) is 4.86. The molecule has 6 nitrogen and oxygen atoms in total. The molecule has 24 heavy (non-hydrogen) atoms. The summed E-state index contributed by atoms with van der Waals surface area (Å²) in [5, 5.41) is 12.4. The second kappa shape index (κ2) is 6.60. The van der Waals surface area contributed by atoms with Gasteiger partial charge in [-0.3, -0.25) is 4.79 Å². The number of fused-ring (bicyclic) bond motifs is 1. The molecule has 0 aromatic heterocycles. The first-order valence-electron chi connectivity index (χ1n) is 7.35. The molecule has 0 radical (unpaired) electrons. The van der Waals surface area contributed by atoms with Crippen molar-refractivity contribution in [2.45, 2.75) is 13.0 Å². The van der Waals surface area contributed by atoms with Crippen LogP contribution in [0.1, 0.15) is 21.5 Å². The van der Waals surface area contributed by atoms with Crippen LogP contribution in [0.25, 0.3) is 0 Å². The molecule has 124 valence electrons. The molecule has 0 saturated carbocycles. The standard InChI is InChI=1S/C17H15BrN2O4/c1-24-14-8-12-13(16(19-23)15(14)18)9-20(17(12)22)7-6-10-2-4-11(21)5-3-10/h2-5,8,21H,6-7,9H2,1H3. The highest BCUT2D eigenvalue weighted by atomic mass is 79.9. The highest BCUT2D eigenvalue weighted by Gasteiger charge is 2.32. The van der Waals surface area contributed by atoms with Gasteiger partial charge in [0.15, 0.2) is 0 Å². The number of hydrogen-bond donors (Lipinski definition) is 1. The van der Waals surface area contributed by atoms with Crippen molar-refractivity contribution in [2.75, 3.05) is 13.7 Å². The zero-order valence-electron chi connectivity index (χ0n) is 13.0. The lowest BCUT2D eigenvalue weighted by molar-refractivity contribution is 0.0780. The van der Waals surface area contributed by atoms with Crippen molar-refractivity contribution in [1.82, 2.24) is 4.90 Å². The Balaban J connectivity index is 1.82. The molecule has 1 amide bonds. The van der Waals surface area contributed by atoms with Crippen LogP contribution < -0.4 is 4.74 Å². The van der Waals surface area contributed by atoms with Crippen molar-refractivity contribution in [1.29, 1.82) is 0 Å². The SMILES string of the molecule is COc1cc2c(c(N=O)c1Br)CN(CCc1ccc(O)cc1)C2=O. The van der Waals surface area contributed by atoms with E-state index in [1.165, 1.54) is 7.11 Å². The van der Waals surface area contributed by atoms with Gasteiger partial charge in [0.2, 0.25) is 0 Å². The smallest absolute Gasteiger partial charge is 0.254 e. The van der Waals surface area contributed by atoms with E-state index in [2.05, 4.69) is 21.1 Å². The minimum Gasteiger partial charge on any atom is -0.508 e. The van der Waals surface area contributed by atoms with Crippen molar-refractivity contribution in [3.63, 3.8) is 0 Å². The minimum absolute atomic E-state index is 0.139. The van der Waals surface area contributed by atoms with Crippen molar-refractivity contribution in [3.8, 4) is 11.5 Å². The molecule has 2 aromatic carbocycles. The van der Waals surface area contributed by atoms with Gasteiger partial charge in [-0.1, -0.05) is 12.1 Å². The maximum Gasteiger partial charge on any atom is 0.254 e. The normalized spacial score (nSPS) is 13.1. The van der Waals surface area contributed by atoms with Gasteiger partial charge >= 0.3 is 0 Å². The lowest BCUT2D eigenvalue weighted by Gasteiger charge is -2.15. The monoisotopic (exact) mass is 390 g/mol. The van der Waals surface area contributed by atoms with Crippen molar-refractivity contribution >= 4 is 27.5 Å². The molecule has 1 aliphatic heterocycles. The Morgan fingerprint density at radius 2 is 2.04 bits per heavy atom. The van der Waals surface area contributed by atoms with Crippen molar-refractivity contribution in [2.24, 2.45) is 5.18 Å². The molecule has 0 fully saturated rings. The number of amides is 1. The molecule has 0 saturated heterocycles. The number of nitroso groups, excluding NO2 is 1. The predicted molar refractivity (Wildman–Crippen MR) is 92.7 cm³/mol. The van der Waals surface area contributed by atoms with E-state index in [1.54, 1.807) is 23.1 Å². The summed E-state index contributed by atoms with van der Waals surface area (Å²) in [5.74, 6) is 0.485. The van der Waals surface area contributed by atoms with Crippen LogP contribution in [-0.4, -0.2) is 29.6 Å². The third-order valence-electron chi connectivity index (χ3n) is 4.10. The Morgan fingerprint density at radius 1 is 1.33 bits per heavy atom. The maximum atomic E-state index is 12.6. The first kappa shape index (κ1) is 16.4. The molecule has 0 bridgehead atoms. The Morgan fingerprint density at radius 3 is 2.67 bits per heavy atom. The van der Waals surface area contributed by atoms with Crippen LogP contribution in [-0.2, 0) is 13.0 Å². The average molecular weight is 391 g/mol. The molecule has 2 aromatic rings. The highest BCUT2D eigenvalue weighted by molar-refractivity contribution is 9.10. The molecule has 0 spiro atoms. The number of carbonyl (C=O) groups is 1. The van der Waals surface area contributed by atoms with Gasteiger partial charge in [0, 0.05) is 18.7 Å². The van der Waals surface area contributed by atoms with E-state index < -0.39 is 0 Å². The van der Waals surface area contributed by atoms with Gasteiger partial charge in [-0.2, -0.15) is 0 Å². The Hall–Kier alpha value is -2.41. The molecular formula is C17H15BrN2O4. The second-order valence-corrected chi connectivity index (χ2v) is 6.29. The summed E-state index contributed by atoms with van der Waals surface area (Å²) in [6, 6.07) is 8.51. The molecule has 3 rings (SSSR count). The molecular weight excluding hydrogens is 376 g/mol. The molecule has 1 N–H and O–H groups in total. The number of phenols is 1. The number of carbonyl (C=O) groups excluding carboxylic acids is 1. The summed E-state index contributed by atoms with van der Waals surface area (Å²) in [6.45, 7) is 0.854. The van der Waals surface area contributed by atoms with Gasteiger partial charge in [0.1, 0.15) is 17.2 Å². The molecule has 7 heteroatoms. The van der Waals surface area contributed by atoms with E-state index in [4.69, 9.17) is 4.74 Å². The molecule has 0 atom stereocenters. The fraction of sp³-hybridized carbons (Fsp3) is 0.235. The highest BCUT2D eigenvalue weighted by Crippen LogP contribution is 2.43. The number of methoxy groups -OCH3 is 1. The lowest BCUT2D eigenvalue weighted by Crippen LogP contribution is -2.26. The van der Waals surface area contributed by atoms with Gasteiger partial charge in [-0.25, -0.2) is 0 Å². The van der Waals surface area contributed by atoms with Crippen LogP contribution >= 0.6 is 15.9 Å². The van der Waals surface area contributed by atoms with Gasteiger partial charge in [0.25, 0.3) is 5.91 Å². The summed E-state index contributed by atoms with van der Waals surface area (Å²) in [5.41, 5.74) is 2.30. The van der Waals surface area contributed by atoms with E-state index in [9.17, 15) is 14.8 Å². The van der Waals surface area contributed by atoms with E-state index in [-0.39, 0.29) is 17.3 Å². The fourth-order valence-electron chi connectivity index (χ4n) is 2.79. The number of nitrogens with zero attached hydrogens (tertiary/aromatic N) is 2. The topological polar surface area (TPSA) is 79.2 Å². The van der Waals surface area contributed by atoms with E-state index in [0.29, 0.717) is 40.9 Å². The number of ether oxygens (including phenoxy) is 1. The zero-order valence-corrected chi connectivity index (χ0v) is 14.5. The quantitative estimate of drug-likeness (QED) is 0.788. The number of aromatic hydroxyl groups is 1. The van der Waals surface area contributed by atoms with Crippen molar-refractivity contribution in [3.05, 3.63) is 56.4 Å². The molecule has 1 heterocycles. The maximum absolute atomic E-state index is 12.6. The van der Waals surface area contributed by atoms with Crippen LogP contribution in [0.3, 0.4) is 0 Å². The number of halogens is 1. The second-order valence-electron chi connectivity index (χ2n) is 5.50. The van der Waals surface area contributed by atoms with Crippen LogP contribution in [0.15, 0.2) is 40.0 Å². The van der Waals surface area contributed by atoms with E-state index >= 15 is 0 Å². The Bertz CT molecular complexity index is 805. The Kier molecular flexibility index (Phi) is 4.53. The van der Waals surface area contributed by atoms with Gasteiger partial charge in [-0.05, 0) is 51.3 Å². The van der Waals surface area contributed by atoms with Crippen LogP contribution in [0.5, 0.6) is 11.5 Å². The number of phenolic OH excluding ortho intramolecular Hbond substituents is 1. The number of rotatable bonds is 5. The number of hydrogen-bond acceptors (Lipinski definition) is 5. The average Bonchev–Trinajstić information content (AvgIpc) is 2.89. The summed E-state index contributed by atoms with van der Waals surface area (Å²) >= 11 is 3.31. The Labute approximate surface area is 147 Å². The van der Waals surface area contributed by atoms with E-state index in [1.807, 2.05) is 12.1 Å². The first-order valence-corrected chi connectivity index (χ1v) is 8.14. The zero-order chi connectivity index (χ0) is 17.3. The van der Waals surface area contributed by atoms with Crippen molar-refractivity contribution < 1.29 is 14.6 Å². The predicted octanol–water partition coefficient (Wildman–Crippen LogP) is 3.76. The molecule has 1 aliphatic rings. The summed E-state index contributed by atoms with van der Waals surface area (Å²) in [4.78, 5) is 25.5. The first-order chi connectivity index (χ1) is 11.5. The number of benzene rings is 2. The summed E-state index contributed by atoms with van der Waals surface area (Å²) < 4.78 is 5.66. The van der Waals surface area contributed by atoms with Gasteiger partial charge < -0.3 is 14.7 Å². The fourth-order valence-corrected chi connectivity index (χ4v) is 3.38. The van der Waals surface area contributed by atoms with Crippen LogP contribution in [0, 0.1) is 4.91 Å².